The van der Waals surface area contributed by atoms with E-state index in [4.69, 9.17) is 32.3 Å². The Morgan fingerprint density at radius 2 is 1.50 bits per heavy atom. The van der Waals surface area contributed by atoms with Gasteiger partial charge < -0.3 is 23.7 Å². The number of carbonyl (C=O) groups is 3. The largest absolute Gasteiger partial charge is 0.456 e. The van der Waals surface area contributed by atoms with Crippen molar-refractivity contribution in [2.45, 2.75) is 51.4 Å². The quantitative estimate of drug-likeness (QED) is 0.313. The van der Waals surface area contributed by atoms with Crippen molar-refractivity contribution in [3.63, 3.8) is 0 Å². The molecule has 0 radical (unpaired) electrons. The summed E-state index contributed by atoms with van der Waals surface area (Å²) in [6, 6.07) is 0. The van der Waals surface area contributed by atoms with Crippen molar-refractivity contribution >= 4 is 28.3 Å². The van der Waals surface area contributed by atoms with Gasteiger partial charge in [-0.3, -0.25) is 18.9 Å². The first-order valence-corrected chi connectivity index (χ1v) is 8.19. The molecule has 0 amide bonds. The molecule has 0 aromatic heterocycles. The highest BCUT2D eigenvalue weighted by atomic mass is 32.3. The predicted octanol–water partition coefficient (Wildman–Crippen LogP) is -1.03. The van der Waals surface area contributed by atoms with Gasteiger partial charge in [-0.05, 0) is 0 Å². The van der Waals surface area contributed by atoms with Gasteiger partial charge in [-0.25, -0.2) is 4.18 Å². The summed E-state index contributed by atoms with van der Waals surface area (Å²) in [5.74, 6) is -3.34. The summed E-state index contributed by atoms with van der Waals surface area (Å²) < 4.78 is 81.2. The summed E-state index contributed by atoms with van der Waals surface area (Å²) in [5.41, 5.74) is 0. The zero-order chi connectivity index (χ0) is 22.2. The van der Waals surface area contributed by atoms with Crippen LogP contribution < -0.4 is 0 Å². The smallest absolute Gasteiger partial charge is 0.397 e. The van der Waals surface area contributed by atoms with Crippen molar-refractivity contribution in [3.05, 3.63) is 0 Å². The lowest BCUT2D eigenvalue weighted by atomic mass is 9.98. The molecule has 1 heterocycles. The zero-order valence-electron chi connectivity index (χ0n) is 16.6. The number of methoxy groups -OCH3 is 1. The molecule has 0 saturated carbocycles. The van der Waals surface area contributed by atoms with Crippen molar-refractivity contribution in [2.75, 3.05) is 13.7 Å². The Morgan fingerprint density at radius 3 is 1.96 bits per heavy atom. The van der Waals surface area contributed by atoms with E-state index in [2.05, 4.69) is 4.18 Å². The zero-order valence-corrected chi connectivity index (χ0v) is 14.4. The van der Waals surface area contributed by atoms with E-state index >= 15 is 0 Å². The minimum absolute atomic E-state index is 0.821. The monoisotopic (exact) mass is 403 g/mol. The second-order valence-corrected chi connectivity index (χ2v) is 5.95. The van der Waals surface area contributed by atoms with Crippen LogP contribution in [0.25, 0.3) is 0 Å². The lowest BCUT2D eigenvalue weighted by Crippen LogP contribution is -2.62. The van der Waals surface area contributed by atoms with Gasteiger partial charge in [0, 0.05) is 31.9 Å². The molecule has 26 heavy (non-hydrogen) atoms. The van der Waals surface area contributed by atoms with Gasteiger partial charge in [0.15, 0.2) is 24.6 Å². The van der Waals surface area contributed by atoms with Crippen LogP contribution in [0, 0.1) is 0 Å². The summed E-state index contributed by atoms with van der Waals surface area (Å²) in [7, 11) is -3.83. The molecule has 0 bridgehead atoms. The molecule has 1 fully saturated rings. The third-order valence-electron chi connectivity index (χ3n) is 3.01. The molecule has 0 aromatic carbocycles. The molecule has 1 aliphatic rings. The van der Waals surface area contributed by atoms with Gasteiger partial charge in [-0.15, -0.1) is 0 Å². The molecule has 1 aliphatic heterocycles. The normalized spacial score (nSPS) is 30.4. The second kappa shape index (κ2) is 9.23. The number of carbonyl (C=O) groups excluding carboxylic acids is 3. The highest BCUT2D eigenvalue weighted by molar-refractivity contribution is 7.80. The summed E-state index contributed by atoms with van der Waals surface area (Å²) in [6.45, 7) is -3.48. The molecule has 1 saturated heterocycles. The van der Waals surface area contributed by atoms with E-state index in [0.29, 0.717) is 0 Å². The van der Waals surface area contributed by atoms with Gasteiger partial charge in [-0.2, -0.15) is 8.42 Å². The predicted molar refractivity (Wildman–Crippen MR) is 79.8 cm³/mol. The molecule has 0 aromatic rings. The molecular formula is C13H20O12S. The van der Waals surface area contributed by atoms with Gasteiger partial charge in [-0.1, -0.05) is 0 Å². The molecule has 0 aliphatic carbocycles. The second-order valence-electron chi connectivity index (χ2n) is 4.85. The van der Waals surface area contributed by atoms with Crippen LogP contribution in [-0.4, -0.2) is 75.3 Å². The topological polar surface area (TPSA) is 161 Å². The van der Waals surface area contributed by atoms with Crippen molar-refractivity contribution in [1.29, 1.82) is 0 Å². The van der Waals surface area contributed by atoms with E-state index in [-0.39, 0.29) is 0 Å². The molecule has 150 valence electrons. The van der Waals surface area contributed by atoms with E-state index in [0.717, 1.165) is 7.11 Å². The lowest BCUT2D eigenvalue weighted by Gasteiger charge is -2.43. The Hall–Kier alpha value is -1.80. The van der Waals surface area contributed by atoms with Crippen LogP contribution >= 0.6 is 0 Å². The molecule has 1 unspecified atom stereocenters. The SMILES string of the molecule is [2H]CC(=O)O[C@H]1[C@H](OC(=O)C[2H])[C@@H](OC(=O)C[2H])C(OC)O[C@@H]1COS(=O)(=O)O. The maximum Gasteiger partial charge on any atom is 0.397 e. The Bertz CT molecular complexity index is 687. The molecule has 5 atom stereocenters. The first-order valence-electron chi connectivity index (χ1n) is 8.94. The van der Waals surface area contributed by atoms with Gasteiger partial charge in [0.2, 0.25) is 0 Å². The van der Waals surface area contributed by atoms with Crippen molar-refractivity contribution in [3.8, 4) is 0 Å². The van der Waals surface area contributed by atoms with Crippen LogP contribution in [0.5, 0.6) is 0 Å². The van der Waals surface area contributed by atoms with Gasteiger partial charge in [0.05, 0.1) is 6.61 Å². The molecule has 13 heteroatoms. The number of rotatable bonds is 7. The minimum atomic E-state index is -4.93. The number of ether oxygens (including phenoxy) is 5. The van der Waals surface area contributed by atoms with Crippen LogP contribution in [0.15, 0.2) is 0 Å². The van der Waals surface area contributed by atoms with Crippen LogP contribution in [0.4, 0.5) is 0 Å². The molecule has 12 nitrogen and oxygen atoms in total. The summed E-state index contributed by atoms with van der Waals surface area (Å²) in [5, 5.41) is 0. The van der Waals surface area contributed by atoms with Gasteiger partial charge in [0.25, 0.3) is 0 Å². The first-order chi connectivity index (χ1) is 13.6. The molecule has 1 N–H and O–H groups in total. The summed E-state index contributed by atoms with van der Waals surface area (Å²) in [4.78, 5) is 34.9. The van der Waals surface area contributed by atoms with Gasteiger partial charge >= 0.3 is 28.3 Å². The average Bonchev–Trinajstić information content (AvgIpc) is 2.67. The standard InChI is InChI=1S/C13H20O12S/c1-6(14)22-10-9(5-21-26(17,18)19)25-13(20-4)12(24-8(3)16)11(10)23-7(2)15/h9-13H,5H2,1-4H3,(H,17,18,19)/t9-,10-,11+,12-,13?/m1/s1/i1D,2D,3D. The van der Waals surface area contributed by atoms with E-state index in [1.807, 2.05) is 0 Å². The number of hydrogen-bond donors (Lipinski definition) is 1. The Labute approximate surface area is 153 Å². The van der Waals surface area contributed by atoms with Crippen molar-refractivity contribution in [1.82, 2.24) is 0 Å². The number of hydrogen-bond acceptors (Lipinski definition) is 11. The lowest BCUT2D eigenvalue weighted by molar-refractivity contribution is -0.301. The average molecular weight is 403 g/mol. The highest BCUT2D eigenvalue weighted by Crippen LogP contribution is 2.29. The minimum Gasteiger partial charge on any atom is -0.456 e. The fourth-order valence-electron chi connectivity index (χ4n) is 2.21. The molecule has 0 spiro atoms. The first kappa shape index (κ1) is 17.6. The number of esters is 3. The van der Waals surface area contributed by atoms with Crippen LogP contribution in [0.1, 0.15) is 24.8 Å². The Balaban J connectivity index is 3.31. The summed E-state index contributed by atoms with van der Waals surface area (Å²) in [6.07, 6.45) is -7.91. The van der Waals surface area contributed by atoms with Gasteiger partial charge in [0.1, 0.15) is 6.10 Å². The van der Waals surface area contributed by atoms with E-state index in [9.17, 15) is 22.8 Å². The van der Waals surface area contributed by atoms with Crippen LogP contribution in [0.3, 0.4) is 0 Å². The van der Waals surface area contributed by atoms with E-state index in [1.165, 1.54) is 0 Å². The molecular weight excluding hydrogens is 380 g/mol. The third-order valence-corrected chi connectivity index (χ3v) is 3.44. The van der Waals surface area contributed by atoms with E-state index < -0.39 is 86.3 Å². The Morgan fingerprint density at radius 1 is 1.00 bits per heavy atom. The summed E-state index contributed by atoms with van der Waals surface area (Å²) >= 11 is 0. The van der Waals surface area contributed by atoms with Crippen molar-refractivity contribution in [2.24, 2.45) is 0 Å². The fourth-order valence-corrected chi connectivity index (χ4v) is 2.52. The maximum atomic E-state index is 11.7. The molecule has 1 rings (SSSR count). The Kier molecular flexibility index (Phi) is 6.25. The van der Waals surface area contributed by atoms with Crippen molar-refractivity contribution < 1.29 is 59.3 Å². The van der Waals surface area contributed by atoms with Crippen LogP contribution in [-0.2, 0) is 52.7 Å². The fraction of sp³-hybridized carbons (Fsp3) is 0.769. The van der Waals surface area contributed by atoms with E-state index in [1.54, 1.807) is 0 Å². The third kappa shape index (κ3) is 6.84. The van der Waals surface area contributed by atoms with Crippen LogP contribution in [0.2, 0.25) is 0 Å². The maximum absolute atomic E-state index is 11.7. The highest BCUT2D eigenvalue weighted by Gasteiger charge is 2.52.